The molecule has 0 unspecified atom stereocenters. The van der Waals surface area contributed by atoms with Crippen LogP contribution in [0.1, 0.15) is 22.8 Å². The first-order chi connectivity index (χ1) is 12.2. The molecule has 0 amide bonds. The summed E-state index contributed by atoms with van der Waals surface area (Å²) in [4.78, 5) is 23.2. The fourth-order valence-corrected chi connectivity index (χ4v) is 2.64. The molecule has 1 fully saturated rings. The van der Waals surface area contributed by atoms with Gasteiger partial charge < -0.3 is 14.4 Å². The number of rotatable bonds is 4. The number of nitriles is 1. The Morgan fingerprint density at radius 2 is 2.12 bits per heavy atom. The van der Waals surface area contributed by atoms with Gasteiger partial charge in [0.1, 0.15) is 5.56 Å². The average Bonchev–Trinajstić information content (AvgIpc) is 2.68. The van der Waals surface area contributed by atoms with Crippen LogP contribution in [0.4, 0.5) is 5.95 Å². The fraction of sp³-hybridized carbons (Fsp3) is 0.333. The van der Waals surface area contributed by atoms with Gasteiger partial charge in [-0.1, -0.05) is 18.2 Å². The molecular weight excluding hydrogens is 320 g/mol. The molecule has 0 aliphatic carbocycles. The van der Waals surface area contributed by atoms with Crippen molar-refractivity contribution in [2.45, 2.75) is 6.92 Å². The SMILES string of the molecule is CCOC(=O)c1cnc(N2CCOCC2)nc1-c1ccccc1C#N. The third-order valence-corrected chi connectivity index (χ3v) is 3.87. The van der Waals surface area contributed by atoms with Crippen LogP contribution in [0.3, 0.4) is 0 Å². The molecule has 7 heteroatoms. The number of hydrogen-bond donors (Lipinski definition) is 0. The molecule has 0 N–H and O–H groups in total. The van der Waals surface area contributed by atoms with Crippen molar-refractivity contribution in [1.29, 1.82) is 5.26 Å². The monoisotopic (exact) mass is 338 g/mol. The lowest BCUT2D eigenvalue weighted by atomic mass is 10.0. The summed E-state index contributed by atoms with van der Waals surface area (Å²) in [6.07, 6.45) is 1.47. The number of morpholine rings is 1. The summed E-state index contributed by atoms with van der Waals surface area (Å²) in [5.74, 6) is 0.0119. The summed E-state index contributed by atoms with van der Waals surface area (Å²) >= 11 is 0. The highest BCUT2D eigenvalue weighted by molar-refractivity contribution is 5.96. The van der Waals surface area contributed by atoms with Crippen LogP contribution in [0.15, 0.2) is 30.5 Å². The van der Waals surface area contributed by atoms with E-state index >= 15 is 0 Å². The first-order valence-electron chi connectivity index (χ1n) is 8.11. The van der Waals surface area contributed by atoms with Crippen LogP contribution in [-0.2, 0) is 9.47 Å². The summed E-state index contributed by atoms with van der Waals surface area (Å²) < 4.78 is 10.5. The van der Waals surface area contributed by atoms with Crippen LogP contribution in [0.5, 0.6) is 0 Å². The molecule has 0 radical (unpaired) electrons. The van der Waals surface area contributed by atoms with Crippen molar-refractivity contribution in [1.82, 2.24) is 9.97 Å². The molecule has 25 heavy (non-hydrogen) atoms. The third kappa shape index (κ3) is 3.59. The Hall–Kier alpha value is -2.98. The predicted molar refractivity (Wildman–Crippen MR) is 91.2 cm³/mol. The van der Waals surface area contributed by atoms with Crippen molar-refractivity contribution < 1.29 is 14.3 Å². The molecule has 0 spiro atoms. The van der Waals surface area contributed by atoms with Crippen molar-refractivity contribution in [3.05, 3.63) is 41.6 Å². The van der Waals surface area contributed by atoms with E-state index in [9.17, 15) is 10.1 Å². The molecule has 128 valence electrons. The van der Waals surface area contributed by atoms with E-state index in [0.29, 0.717) is 49.1 Å². The average molecular weight is 338 g/mol. The summed E-state index contributed by atoms with van der Waals surface area (Å²) in [7, 11) is 0. The Kier molecular flexibility index (Phi) is 5.21. The van der Waals surface area contributed by atoms with Gasteiger partial charge in [0.15, 0.2) is 0 Å². The van der Waals surface area contributed by atoms with Crippen LogP contribution in [0.2, 0.25) is 0 Å². The zero-order valence-corrected chi connectivity index (χ0v) is 13.9. The first-order valence-corrected chi connectivity index (χ1v) is 8.11. The molecule has 1 aromatic carbocycles. The highest BCUT2D eigenvalue weighted by Crippen LogP contribution is 2.27. The predicted octanol–water partition coefficient (Wildman–Crippen LogP) is 2.03. The van der Waals surface area contributed by atoms with Crippen LogP contribution in [0, 0.1) is 11.3 Å². The number of ether oxygens (including phenoxy) is 2. The van der Waals surface area contributed by atoms with Crippen molar-refractivity contribution >= 4 is 11.9 Å². The smallest absolute Gasteiger partial charge is 0.341 e. The highest BCUT2D eigenvalue weighted by Gasteiger charge is 2.22. The highest BCUT2D eigenvalue weighted by atomic mass is 16.5. The topological polar surface area (TPSA) is 88.3 Å². The van der Waals surface area contributed by atoms with Crippen molar-refractivity contribution in [3.63, 3.8) is 0 Å². The minimum absolute atomic E-state index is 0.251. The number of esters is 1. The van der Waals surface area contributed by atoms with Gasteiger partial charge in [-0.15, -0.1) is 0 Å². The maximum atomic E-state index is 12.3. The maximum Gasteiger partial charge on any atom is 0.341 e. The summed E-state index contributed by atoms with van der Waals surface area (Å²) in [6, 6.07) is 9.19. The van der Waals surface area contributed by atoms with Crippen molar-refractivity contribution in [3.8, 4) is 17.3 Å². The summed E-state index contributed by atoms with van der Waals surface area (Å²) in [6.45, 7) is 4.56. The number of carbonyl (C=O) groups excluding carboxylic acids is 1. The number of aromatic nitrogens is 2. The van der Waals surface area contributed by atoms with Crippen LogP contribution in [0.25, 0.3) is 11.3 Å². The van der Waals surface area contributed by atoms with Gasteiger partial charge in [0.2, 0.25) is 5.95 Å². The number of nitrogens with zero attached hydrogens (tertiary/aromatic N) is 4. The molecule has 7 nitrogen and oxygen atoms in total. The molecular formula is C18H18N4O3. The van der Waals surface area contributed by atoms with Gasteiger partial charge in [-0.2, -0.15) is 5.26 Å². The van der Waals surface area contributed by atoms with Gasteiger partial charge in [-0.3, -0.25) is 0 Å². The second-order valence-corrected chi connectivity index (χ2v) is 5.41. The number of anilines is 1. The summed E-state index contributed by atoms with van der Waals surface area (Å²) in [5.41, 5.74) is 1.69. The minimum atomic E-state index is -0.501. The van der Waals surface area contributed by atoms with Gasteiger partial charge in [0.05, 0.1) is 37.1 Å². The molecule has 3 rings (SSSR count). The molecule has 1 saturated heterocycles. The number of carbonyl (C=O) groups is 1. The van der Waals surface area contributed by atoms with Crippen molar-refractivity contribution in [2.75, 3.05) is 37.8 Å². The second-order valence-electron chi connectivity index (χ2n) is 5.41. The molecule has 2 aromatic rings. The van der Waals surface area contributed by atoms with E-state index in [4.69, 9.17) is 9.47 Å². The fourth-order valence-electron chi connectivity index (χ4n) is 2.64. The normalized spacial score (nSPS) is 14.0. The molecule has 0 saturated carbocycles. The Morgan fingerprint density at radius 1 is 1.36 bits per heavy atom. The Labute approximate surface area is 145 Å². The van der Waals surface area contributed by atoms with E-state index in [1.165, 1.54) is 6.20 Å². The van der Waals surface area contributed by atoms with E-state index in [-0.39, 0.29) is 12.2 Å². The van der Waals surface area contributed by atoms with Crippen molar-refractivity contribution in [2.24, 2.45) is 0 Å². The Morgan fingerprint density at radius 3 is 2.84 bits per heavy atom. The second kappa shape index (κ2) is 7.73. The molecule has 1 aliphatic heterocycles. The van der Waals surface area contributed by atoms with Gasteiger partial charge >= 0.3 is 5.97 Å². The standard InChI is InChI=1S/C18H18N4O3/c1-2-25-17(23)15-12-20-18(22-7-9-24-10-8-22)21-16(15)14-6-4-3-5-13(14)11-19/h3-6,12H,2,7-10H2,1H3. The van der Waals surface area contributed by atoms with Gasteiger partial charge in [0, 0.05) is 24.8 Å². The Bertz CT molecular complexity index is 810. The van der Waals surface area contributed by atoms with E-state index in [1.54, 1.807) is 25.1 Å². The van der Waals surface area contributed by atoms with E-state index < -0.39 is 5.97 Å². The Balaban J connectivity index is 2.10. The molecule has 0 bridgehead atoms. The zero-order valence-electron chi connectivity index (χ0n) is 13.9. The third-order valence-electron chi connectivity index (χ3n) is 3.87. The number of benzene rings is 1. The van der Waals surface area contributed by atoms with Crippen LogP contribution >= 0.6 is 0 Å². The maximum absolute atomic E-state index is 12.3. The zero-order chi connectivity index (χ0) is 17.6. The summed E-state index contributed by atoms with van der Waals surface area (Å²) in [5, 5.41) is 9.39. The molecule has 0 atom stereocenters. The van der Waals surface area contributed by atoms with Gasteiger partial charge in [0.25, 0.3) is 0 Å². The molecule has 1 aromatic heterocycles. The van der Waals surface area contributed by atoms with Crippen LogP contribution < -0.4 is 4.90 Å². The number of hydrogen-bond acceptors (Lipinski definition) is 7. The lowest BCUT2D eigenvalue weighted by Gasteiger charge is -2.27. The van der Waals surface area contributed by atoms with Gasteiger partial charge in [-0.05, 0) is 13.0 Å². The lowest BCUT2D eigenvalue weighted by molar-refractivity contribution is 0.0526. The lowest BCUT2D eigenvalue weighted by Crippen LogP contribution is -2.37. The molecule has 2 heterocycles. The van der Waals surface area contributed by atoms with Crippen LogP contribution in [-0.4, -0.2) is 48.8 Å². The largest absolute Gasteiger partial charge is 0.462 e. The van der Waals surface area contributed by atoms with E-state index in [2.05, 4.69) is 16.0 Å². The first kappa shape index (κ1) is 16.9. The van der Waals surface area contributed by atoms with Gasteiger partial charge in [-0.25, -0.2) is 14.8 Å². The van der Waals surface area contributed by atoms with E-state index in [1.807, 2.05) is 11.0 Å². The molecule has 1 aliphatic rings. The quantitative estimate of drug-likeness (QED) is 0.788. The minimum Gasteiger partial charge on any atom is -0.462 e. The van der Waals surface area contributed by atoms with E-state index in [0.717, 1.165) is 0 Å².